The van der Waals surface area contributed by atoms with Gasteiger partial charge in [-0.3, -0.25) is 4.79 Å². The quantitative estimate of drug-likeness (QED) is 0.563. The van der Waals surface area contributed by atoms with E-state index < -0.39 is 0 Å². The van der Waals surface area contributed by atoms with E-state index in [2.05, 4.69) is 11.6 Å². The SMILES string of the molecule is C=PC(=O)CCNC. The molecule has 0 aromatic rings. The second-order valence-electron chi connectivity index (χ2n) is 1.41. The highest BCUT2D eigenvalue weighted by molar-refractivity contribution is 7.56. The van der Waals surface area contributed by atoms with Crippen molar-refractivity contribution < 1.29 is 4.79 Å². The number of rotatable bonds is 4. The molecule has 0 aliphatic heterocycles. The lowest BCUT2D eigenvalue weighted by Crippen LogP contribution is -2.09. The topological polar surface area (TPSA) is 29.1 Å². The van der Waals surface area contributed by atoms with Crippen molar-refractivity contribution in [2.45, 2.75) is 6.42 Å². The number of hydrogen-bond donors (Lipinski definition) is 1. The first-order valence-electron chi connectivity index (χ1n) is 2.45. The molecule has 0 fully saturated rings. The molecule has 0 saturated carbocycles. The fourth-order valence-corrected chi connectivity index (χ4v) is 0.581. The summed E-state index contributed by atoms with van der Waals surface area (Å²) in [7, 11) is 2.45. The van der Waals surface area contributed by atoms with E-state index in [0.29, 0.717) is 14.6 Å². The predicted molar refractivity (Wildman–Crippen MR) is 37.6 cm³/mol. The molecule has 8 heavy (non-hydrogen) atoms. The lowest BCUT2D eigenvalue weighted by atomic mass is 10.5. The van der Waals surface area contributed by atoms with Gasteiger partial charge in [-0.2, -0.15) is 0 Å². The predicted octanol–water partition coefficient (Wildman–Crippen LogP) is 0.501. The van der Waals surface area contributed by atoms with Crippen LogP contribution < -0.4 is 5.32 Å². The van der Waals surface area contributed by atoms with Gasteiger partial charge in [-0.05, 0) is 15.3 Å². The average molecular weight is 131 g/mol. The van der Waals surface area contributed by atoms with E-state index in [1.165, 1.54) is 0 Å². The molecule has 0 spiro atoms. The van der Waals surface area contributed by atoms with Crippen LogP contribution in [0.25, 0.3) is 0 Å². The van der Waals surface area contributed by atoms with Crippen LogP contribution in [0.3, 0.4) is 0 Å². The third kappa shape index (κ3) is 3.97. The molecule has 0 rings (SSSR count). The van der Waals surface area contributed by atoms with Gasteiger partial charge in [0.1, 0.15) is 0 Å². The largest absolute Gasteiger partial charge is 0.319 e. The Morgan fingerprint density at radius 2 is 2.50 bits per heavy atom. The van der Waals surface area contributed by atoms with Crippen molar-refractivity contribution in [1.29, 1.82) is 0 Å². The third-order valence-electron chi connectivity index (χ3n) is 0.765. The molecule has 0 unspecified atom stereocenters. The highest BCUT2D eigenvalue weighted by atomic mass is 31.1. The molecule has 0 amide bonds. The zero-order valence-corrected chi connectivity index (χ0v) is 5.87. The van der Waals surface area contributed by atoms with Crippen LogP contribution in [0.5, 0.6) is 0 Å². The molecule has 0 aromatic carbocycles. The summed E-state index contributed by atoms with van der Waals surface area (Å²) >= 11 is 0. The van der Waals surface area contributed by atoms with E-state index in [1.54, 1.807) is 0 Å². The van der Waals surface area contributed by atoms with E-state index in [9.17, 15) is 4.79 Å². The van der Waals surface area contributed by atoms with Gasteiger partial charge >= 0.3 is 0 Å². The van der Waals surface area contributed by atoms with E-state index in [-0.39, 0.29) is 5.52 Å². The minimum absolute atomic E-state index is 0.194. The molecule has 0 aliphatic rings. The summed E-state index contributed by atoms with van der Waals surface area (Å²) in [4.78, 5) is 10.5. The van der Waals surface area contributed by atoms with Crippen molar-refractivity contribution in [3.63, 3.8) is 0 Å². The summed E-state index contributed by atoms with van der Waals surface area (Å²) in [5.74, 6) is 0. The summed E-state index contributed by atoms with van der Waals surface area (Å²) in [6.07, 6.45) is 4.03. The smallest absolute Gasteiger partial charge is 0.182 e. The molecular weight excluding hydrogens is 121 g/mol. The highest BCUT2D eigenvalue weighted by Gasteiger charge is 1.91. The van der Waals surface area contributed by atoms with Gasteiger partial charge in [0.25, 0.3) is 0 Å². The highest BCUT2D eigenvalue weighted by Crippen LogP contribution is 1.95. The van der Waals surface area contributed by atoms with Crippen LogP contribution in [0, 0.1) is 0 Å². The average Bonchev–Trinajstić information content (AvgIpc) is 1.83. The Hall–Kier alpha value is -0.200. The van der Waals surface area contributed by atoms with Crippen LogP contribution in [-0.2, 0) is 4.79 Å². The van der Waals surface area contributed by atoms with Crippen LogP contribution in [0.15, 0.2) is 0 Å². The van der Waals surface area contributed by atoms with Gasteiger partial charge < -0.3 is 5.32 Å². The van der Waals surface area contributed by atoms with Gasteiger partial charge in [0.15, 0.2) is 5.52 Å². The number of nitrogens with one attached hydrogen (secondary N) is 1. The van der Waals surface area contributed by atoms with Crippen LogP contribution in [0.2, 0.25) is 0 Å². The Morgan fingerprint density at radius 1 is 1.88 bits per heavy atom. The van der Waals surface area contributed by atoms with Crippen LogP contribution in [0.1, 0.15) is 6.42 Å². The Morgan fingerprint density at radius 3 is 2.88 bits per heavy atom. The van der Waals surface area contributed by atoms with Crippen molar-refractivity contribution >= 4 is 20.0 Å². The molecule has 0 radical (unpaired) electrons. The maximum absolute atomic E-state index is 10.5. The Bertz CT molecular complexity index is 92.4. The van der Waals surface area contributed by atoms with Crippen molar-refractivity contribution in [3.8, 4) is 0 Å². The van der Waals surface area contributed by atoms with E-state index >= 15 is 0 Å². The summed E-state index contributed by atoms with van der Waals surface area (Å²) in [5.41, 5.74) is 0.194. The van der Waals surface area contributed by atoms with Gasteiger partial charge in [-0.15, -0.1) is 0 Å². The first-order chi connectivity index (χ1) is 3.81. The molecule has 0 heterocycles. The summed E-state index contributed by atoms with van der Waals surface area (Å²) in [6.45, 7) is 0.765. The van der Waals surface area contributed by atoms with Crippen molar-refractivity contribution in [2.24, 2.45) is 0 Å². The molecule has 1 N–H and O–H groups in total. The van der Waals surface area contributed by atoms with E-state index in [4.69, 9.17) is 0 Å². The lowest BCUT2D eigenvalue weighted by Gasteiger charge is -1.90. The van der Waals surface area contributed by atoms with Gasteiger partial charge in [-0.25, -0.2) is 0 Å². The van der Waals surface area contributed by atoms with Crippen LogP contribution >= 0.6 is 8.20 Å². The van der Waals surface area contributed by atoms with Crippen molar-refractivity contribution in [3.05, 3.63) is 0 Å². The minimum atomic E-state index is 0.194. The molecule has 0 atom stereocenters. The fourth-order valence-electron chi connectivity index (χ4n) is 0.311. The second kappa shape index (κ2) is 4.95. The standard InChI is InChI=1S/C5H10NOP/c1-6-4-3-5(7)8-2/h6H,2-4H2,1H3. The number of hydrogen-bond acceptors (Lipinski definition) is 2. The first kappa shape index (κ1) is 7.80. The van der Waals surface area contributed by atoms with Gasteiger partial charge in [0, 0.05) is 13.0 Å². The summed E-state index contributed by atoms with van der Waals surface area (Å²) < 4.78 is 0. The Labute approximate surface area is 51.1 Å². The zero-order chi connectivity index (χ0) is 6.41. The molecular formula is C5H10NOP. The van der Waals surface area contributed by atoms with E-state index in [1.807, 2.05) is 7.05 Å². The third-order valence-corrected chi connectivity index (χ3v) is 1.34. The summed E-state index contributed by atoms with van der Waals surface area (Å²) in [6, 6.07) is 0. The first-order valence-corrected chi connectivity index (χ1v) is 3.53. The maximum Gasteiger partial charge on any atom is 0.182 e. The zero-order valence-electron chi connectivity index (χ0n) is 4.98. The van der Waals surface area contributed by atoms with Crippen molar-refractivity contribution in [1.82, 2.24) is 5.32 Å². The van der Waals surface area contributed by atoms with Crippen LogP contribution in [0.4, 0.5) is 0 Å². The monoisotopic (exact) mass is 131 g/mol. The minimum Gasteiger partial charge on any atom is -0.319 e. The molecule has 0 aliphatic carbocycles. The fraction of sp³-hybridized carbons (Fsp3) is 0.600. The second-order valence-corrected chi connectivity index (χ2v) is 2.22. The van der Waals surface area contributed by atoms with Gasteiger partial charge in [0.05, 0.1) is 0 Å². The number of carbonyl (C=O) groups excluding carboxylic acids is 1. The lowest BCUT2D eigenvalue weighted by molar-refractivity contribution is -0.111. The molecule has 46 valence electrons. The maximum atomic E-state index is 10.5. The van der Waals surface area contributed by atoms with Crippen molar-refractivity contribution in [2.75, 3.05) is 13.6 Å². The molecule has 2 nitrogen and oxygen atoms in total. The normalized spacial score (nSPS) is 9.62. The van der Waals surface area contributed by atoms with Gasteiger partial charge in [-0.1, -0.05) is 6.30 Å². The number of carbonyl (C=O) groups is 1. The summed E-state index contributed by atoms with van der Waals surface area (Å²) in [5, 5.41) is 2.88. The molecule has 0 aromatic heterocycles. The Kier molecular flexibility index (Phi) is 4.82. The van der Waals surface area contributed by atoms with Crippen LogP contribution in [-0.4, -0.2) is 25.4 Å². The van der Waals surface area contributed by atoms with Gasteiger partial charge in [0.2, 0.25) is 0 Å². The molecule has 0 saturated heterocycles. The molecule has 3 heteroatoms. The Balaban J connectivity index is 3.11. The van der Waals surface area contributed by atoms with E-state index in [0.717, 1.165) is 6.54 Å². The molecule has 0 bridgehead atoms.